The Morgan fingerprint density at radius 2 is 1.73 bits per heavy atom. The van der Waals surface area contributed by atoms with E-state index in [4.69, 9.17) is 16.3 Å². The number of aromatic nitrogens is 1. The van der Waals surface area contributed by atoms with Crippen molar-refractivity contribution in [1.29, 1.82) is 0 Å². The number of amides is 2. The molecule has 1 fully saturated rings. The summed E-state index contributed by atoms with van der Waals surface area (Å²) in [7, 11) is 0. The summed E-state index contributed by atoms with van der Waals surface area (Å²) >= 11 is 6.22. The average molecular weight is 472 g/mol. The van der Waals surface area contributed by atoms with Crippen LogP contribution in [0.15, 0.2) is 47.4 Å². The smallest absolute Gasteiger partial charge is 0.263 e. The topological polar surface area (TPSA) is 82.7 Å². The molecule has 1 atom stereocenters. The minimum absolute atomic E-state index is 0.00548. The summed E-state index contributed by atoms with van der Waals surface area (Å²) in [5, 5.41) is 1.21. The highest BCUT2D eigenvalue weighted by atomic mass is 35.5. The Kier molecular flexibility index (Phi) is 6.37. The number of carbonyl (C=O) groups excluding carboxylic acids is 2. The molecule has 0 unspecified atom stereocenters. The quantitative estimate of drug-likeness (QED) is 0.632. The molecule has 0 bridgehead atoms. The van der Waals surface area contributed by atoms with Gasteiger partial charge in [0.15, 0.2) is 6.10 Å². The van der Waals surface area contributed by atoms with Crippen LogP contribution in [0.3, 0.4) is 0 Å². The third-order valence-electron chi connectivity index (χ3n) is 5.79. The van der Waals surface area contributed by atoms with Gasteiger partial charge in [-0.3, -0.25) is 14.4 Å². The number of hydrogen-bond acceptors (Lipinski definition) is 4. The SMILES string of the molecule is CC(=O)N1CCN(C(=O)[C@@H](C)Oc2ccc3c(-c4ccc(F)cc4Cl)c[nH]c(=O)c3c2)CC1. The number of rotatable bonds is 4. The average Bonchev–Trinajstić information content (AvgIpc) is 2.79. The van der Waals surface area contributed by atoms with E-state index in [2.05, 4.69) is 4.98 Å². The van der Waals surface area contributed by atoms with E-state index in [1.54, 1.807) is 41.0 Å². The number of halogens is 2. The van der Waals surface area contributed by atoms with Gasteiger partial charge in [0.25, 0.3) is 11.5 Å². The van der Waals surface area contributed by atoms with Gasteiger partial charge in [0.1, 0.15) is 11.6 Å². The van der Waals surface area contributed by atoms with Crippen LogP contribution in [-0.4, -0.2) is 58.9 Å². The Bertz CT molecular complexity index is 1280. The van der Waals surface area contributed by atoms with Crippen LogP contribution in [0.1, 0.15) is 13.8 Å². The fraction of sp³-hybridized carbons (Fsp3) is 0.292. The number of piperazine rings is 1. The van der Waals surface area contributed by atoms with Gasteiger partial charge < -0.3 is 19.5 Å². The van der Waals surface area contributed by atoms with E-state index < -0.39 is 11.9 Å². The molecule has 1 aliphatic heterocycles. The first-order chi connectivity index (χ1) is 15.7. The minimum Gasteiger partial charge on any atom is -0.481 e. The lowest BCUT2D eigenvalue weighted by molar-refractivity contribution is -0.143. The Labute approximate surface area is 194 Å². The van der Waals surface area contributed by atoms with Crippen LogP contribution >= 0.6 is 11.6 Å². The third-order valence-corrected chi connectivity index (χ3v) is 6.10. The van der Waals surface area contributed by atoms with E-state index >= 15 is 0 Å². The van der Waals surface area contributed by atoms with E-state index in [0.29, 0.717) is 53.8 Å². The number of nitrogens with zero attached hydrogens (tertiary/aromatic N) is 2. The maximum Gasteiger partial charge on any atom is 0.263 e. The molecule has 1 aromatic heterocycles. The fourth-order valence-corrected chi connectivity index (χ4v) is 4.27. The maximum atomic E-state index is 13.5. The Morgan fingerprint density at radius 1 is 1.03 bits per heavy atom. The van der Waals surface area contributed by atoms with Crippen molar-refractivity contribution in [3.05, 3.63) is 63.8 Å². The van der Waals surface area contributed by atoms with Gasteiger partial charge in [-0.05, 0) is 48.7 Å². The molecule has 33 heavy (non-hydrogen) atoms. The maximum absolute atomic E-state index is 13.5. The molecule has 1 N–H and O–H groups in total. The van der Waals surface area contributed by atoms with Gasteiger partial charge >= 0.3 is 0 Å². The van der Waals surface area contributed by atoms with Crippen molar-refractivity contribution in [2.75, 3.05) is 26.2 Å². The lowest BCUT2D eigenvalue weighted by atomic mass is 10.0. The van der Waals surface area contributed by atoms with Crippen molar-refractivity contribution < 1.29 is 18.7 Å². The van der Waals surface area contributed by atoms with E-state index in [0.717, 1.165) is 0 Å². The molecule has 2 aromatic carbocycles. The molecule has 9 heteroatoms. The van der Waals surface area contributed by atoms with Gasteiger partial charge in [-0.15, -0.1) is 0 Å². The highest BCUT2D eigenvalue weighted by Crippen LogP contribution is 2.33. The molecule has 2 amide bonds. The zero-order valence-electron chi connectivity index (χ0n) is 18.2. The Morgan fingerprint density at radius 3 is 2.39 bits per heavy atom. The summed E-state index contributed by atoms with van der Waals surface area (Å²) in [4.78, 5) is 42.8. The number of fused-ring (bicyclic) bond motifs is 1. The number of ether oxygens (including phenoxy) is 1. The van der Waals surface area contributed by atoms with Crippen LogP contribution in [0.2, 0.25) is 5.02 Å². The first-order valence-corrected chi connectivity index (χ1v) is 10.9. The van der Waals surface area contributed by atoms with Gasteiger partial charge in [-0.25, -0.2) is 4.39 Å². The zero-order valence-corrected chi connectivity index (χ0v) is 19.0. The van der Waals surface area contributed by atoms with Crippen LogP contribution in [-0.2, 0) is 9.59 Å². The molecule has 0 spiro atoms. The molecule has 1 saturated heterocycles. The Balaban J connectivity index is 1.56. The van der Waals surface area contributed by atoms with Crippen molar-refractivity contribution in [3.8, 4) is 16.9 Å². The normalized spacial score (nSPS) is 14.9. The van der Waals surface area contributed by atoms with Crippen molar-refractivity contribution in [2.24, 2.45) is 0 Å². The second kappa shape index (κ2) is 9.23. The van der Waals surface area contributed by atoms with Crippen LogP contribution < -0.4 is 10.3 Å². The first kappa shape index (κ1) is 22.8. The predicted molar refractivity (Wildman–Crippen MR) is 124 cm³/mol. The molecule has 7 nitrogen and oxygen atoms in total. The highest BCUT2D eigenvalue weighted by molar-refractivity contribution is 6.33. The van der Waals surface area contributed by atoms with E-state index in [-0.39, 0.29) is 22.4 Å². The number of pyridine rings is 1. The molecule has 172 valence electrons. The molecular formula is C24H23ClFN3O4. The minimum atomic E-state index is -0.764. The van der Waals surface area contributed by atoms with Crippen molar-refractivity contribution in [2.45, 2.75) is 20.0 Å². The number of H-pyrrole nitrogens is 1. The van der Waals surface area contributed by atoms with E-state index in [9.17, 15) is 18.8 Å². The second-order valence-electron chi connectivity index (χ2n) is 7.95. The number of benzene rings is 2. The van der Waals surface area contributed by atoms with E-state index in [1.165, 1.54) is 25.3 Å². The third kappa shape index (κ3) is 4.71. The molecular weight excluding hydrogens is 449 g/mol. The van der Waals surface area contributed by atoms with Gasteiger partial charge in [0.05, 0.1) is 10.4 Å². The molecule has 0 radical (unpaired) electrons. The number of hydrogen-bond donors (Lipinski definition) is 1. The molecule has 0 saturated carbocycles. The fourth-order valence-electron chi connectivity index (χ4n) is 4.00. The first-order valence-electron chi connectivity index (χ1n) is 10.6. The molecule has 2 heterocycles. The summed E-state index contributed by atoms with van der Waals surface area (Å²) in [6.07, 6.45) is 0.775. The predicted octanol–water partition coefficient (Wildman–Crippen LogP) is 3.45. The number of aromatic amines is 1. The van der Waals surface area contributed by atoms with Crippen LogP contribution in [0.4, 0.5) is 4.39 Å². The monoisotopic (exact) mass is 471 g/mol. The zero-order chi connectivity index (χ0) is 23.7. The second-order valence-corrected chi connectivity index (χ2v) is 8.36. The molecule has 3 aromatic rings. The van der Waals surface area contributed by atoms with Crippen LogP contribution in [0.5, 0.6) is 5.75 Å². The Hall–Kier alpha value is -3.39. The van der Waals surface area contributed by atoms with E-state index in [1.807, 2.05) is 0 Å². The highest BCUT2D eigenvalue weighted by Gasteiger charge is 2.27. The number of carbonyl (C=O) groups is 2. The van der Waals surface area contributed by atoms with Gasteiger partial charge in [0.2, 0.25) is 5.91 Å². The van der Waals surface area contributed by atoms with Crippen molar-refractivity contribution in [3.63, 3.8) is 0 Å². The summed E-state index contributed by atoms with van der Waals surface area (Å²) in [6.45, 7) is 5.06. The largest absolute Gasteiger partial charge is 0.481 e. The van der Waals surface area contributed by atoms with Gasteiger partial charge in [-0.1, -0.05) is 11.6 Å². The van der Waals surface area contributed by atoms with Crippen molar-refractivity contribution >= 4 is 34.2 Å². The van der Waals surface area contributed by atoms with Crippen LogP contribution in [0.25, 0.3) is 21.9 Å². The lowest BCUT2D eigenvalue weighted by Crippen LogP contribution is -2.52. The lowest BCUT2D eigenvalue weighted by Gasteiger charge is -2.35. The summed E-state index contributed by atoms with van der Waals surface area (Å²) in [5.41, 5.74) is 0.909. The standard InChI is InChI=1S/C24H23ClFN3O4/c1-14(24(32)29-9-7-28(8-10-29)15(2)30)33-17-4-6-18-20(12-17)23(31)27-13-21(18)19-5-3-16(26)11-22(19)25/h3-6,11-14H,7-10H2,1-2H3,(H,27,31)/t14-/m1/s1. The van der Waals surface area contributed by atoms with Crippen molar-refractivity contribution in [1.82, 2.24) is 14.8 Å². The molecule has 0 aliphatic carbocycles. The van der Waals surface area contributed by atoms with Crippen LogP contribution in [0, 0.1) is 5.82 Å². The molecule has 1 aliphatic rings. The number of nitrogens with one attached hydrogen (secondary N) is 1. The van der Waals surface area contributed by atoms with Gasteiger partial charge in [0, 0.05) is 50.4 Å². The summed E-state index contributed by atoms with van der Waals surface area (Å²) in [6, 6.07) is 9.06. The molecule has 4 rings (SSSR count). The van der Waals surface area contributed by atoms with Gasteiger partial charge in [-0.2, -0.15) is 0 Å². The summed E-state index contributed by atoms with van der Waals surface area (Å²) < 4.78 is 19.3. The summed E-state index contributed by atoms with van der Waals surface area (Å²) in [5.74, 6) is -0.263.